The van der Waals surface area contributed by atoms with Crippen LogP contribution in [0.5, 0.6) is 0 Å². The fourth-order valence-electron chi connectivity index (χ4n) is 1.61. The van der Waals surface area contributed by atoms with E-state index in [1.54, 1.807) is 12.1 Å². The van der Waals surface area contributed by atoms with E-state index in [2.05, 4.69) is 5.32 Å². The fourth-order valence-corrected chi connectivity index (χ4v) is 1.61. The van der Waals surface area contributed by atoms with Crippen molar-refractivity contribution in [2.24, 2.45) is 11.7 Å². The molecule has 18 heavy (non-hydrogen) atoms. The zero-order chi connectivity index (χ0) is 13.7. The van der Waals surface area contributed by atoms with E-state index in [1.807, 2.05) is 20.8 Å². The van der Waals surface area contributed by atoms with Crippen molar-refractivity contribution in [2.75, 3.05) is 0 Å². The first-order chi connectivity index (χ1) is 8.40. The van der Waals surface area contributed by atoms with Gasteiger partial charge in [0.25, 0.3) is 0 Å². The van der Waals surface area contributed by atoms with Gasteiger partial charge < -0.3 is 11.1 Å². The lowest BCUT2D eigenvalue weighted by atomic mass is 10.0. The molecule has 3 nitrogen and oxygen atoms in total. The lowest BCUT2D eigenvalue weighted by Crippen LogP contribution is -2.35. The zero-order valence-corrected chi connectivity index (χ0v) is 11.1. The molecule has 1 amide bonds. The van der Waals surface area contributed by atoms with Crippen molar-refractivity contribution < 1.29 is 9.18 Å². The molecule has 0 aliphatic rings. The average molecular weight is 252 g/mol. The summed E-state index contributed by atoms with van der Waals surface area (Å²) in [5.41, 5.74) is 6.59. The third kappa shape index (κ3) is 4.45. The lowest BCUT2D eigenvalue weighted by molar-refractivity contribution is -0.122. The number of nitrogens with two attached hydrogens (primary N) is 1. The summed E-state index contributed by atoms with van der Waals surface area (Å²) in [7, 11) is 0. The van der Waals surface area contributed by atoms with Crippen LogP contribution in [-0.4, -0.2) is 11.9 Å². The van der Waals surface area contributed by atoms with Gasteiger partial charge in [-0.2, -0.15) is 0 Å². The van der Waals surface area contributed by atoms with Crippen LogP contribution < -0.4 is 11.1 Å². The molecule has 1 rings (SSSR count). The summed E-state index contributed by atoms with van der Waals surface area (Å²) in [6, 6.07) is 5.86. The van der Waals surface area contributed by atoms with Crippen LogP contribution >= 0.6 is 0 Å². The Morgan fingerprint density at radius 1 is 1.39 bits per heavy atom. The van der Waals surface area contributed by atoms with Gasteiger partial charge in [0.1, 0.15) is 5.82 Å². The van der Waals surface area contributed by atoms with E-state index in [0.29, 0.717) is 0 Å². The van der Waals surface area contributed by atoms with Crippen molar-refractivity contribution in [3.8, 4) is 0 Å². The molecule has 3 N–H and O–H groups in total. The molecule has 0 radical (unpaired) electrons. The van der Waals surface area contributed by atoms with E-state index < -0.39 is 0 Å². The zero-order valence-electron chi connectivity index (χ0n) is 11.1. The van der Waals surface area contributed by atoms with Gasteiger partial charge in [-0.3, -0.25) is 4.79 Å². The van der Waals surface area contributed by atoms with Crippen molar-refractivity contribution in [1.82, 2.24) is 5.32 Å². The summed E-state index contributed by atoms with van der Waals surface area (Å²) < 4.78 is 13.0. The third-order valence-corrected chi connectivity index (χ3v) is 3.00. The molecule has 2 unspecified atom stereocenters. The molecule has 0 saturated carbocycles. The van der Waals surface area contributed by atoms with Crippen molar-refractivity contribution in [2.45, 2.75) is 39.3 Å². The first-order valence-electron chi connectivity index (χ1n) is 6.20. The van der Waals surface area contributed by atoms with Crippen LogP contribution in [0.3, 0.4) is 0 Å². The van der Waals surface area contributed by atoms with Crippen molar-refractivity contribution >= 4 is 5.91 Å². The molecule has 0 aliphatic heterocycles. The number of hydrogen-bond donors (Lipinski definition) is 2. The maximum Gasteiger partial charge on any atom is 0.222 e. The summed E-state index contributed by atoms with van der Waals surface area (Å²) >= 11 is 0. The Hall–Kier alpha value is -1.42. The van der Waals surface area contributed by atoms with Gasteiger partial charge in [0.05, 0.1) is 6.04 Å². The minimum absolute atomic E-state index is 0.104. The molecule has 4 heteroatoms. The van der Waals surface area contributed by atoms with Gasteiger partial charge in [-0.15, -0.1) is 0 Å². The van der Waals surface area contributed by atoms with Crippen LogP contribution in [0.2, 0.25) is 0 Å². The van der Waals surface area contributed by atoms with Crippen LogP contribution in [0.4, 0.5) is 4.39 Å². The normalized spacial score (nSPS) is 14.3. The molecule has 0 saturated heterocycles. The largest absolute Gasteiger partial charge is 0.350 e. The maximum atomic E-state index is 13.0. The predicted octanol–water partition coefficient (Wildman–Crippen LogP) is 2.38. The molecule has 1 aromatic carbocycles. The second-order valence-electron chi connectivity index (χ2n) is 4.96. The van der Waals surface area contributed by atoms with Gasteiger partial charge in [0, 0.05) is 12.5 Å². The Morgan fingerprint density at radius 2 is 2.06 bits per heavy atom. The molecule has 0 aliphatic carbocycles. The number of nitrogens with one attached hydrogen (secondary N) is 1. The van der Waals surface area contributed by atoms with Gasteiger partial charge >= 0.3 is 0 Å². The molecular formula is C14H21FN2O. The van der Waals surface area contributed by atoms with Crippen LogP contribution in [0.25, 0.3) is 0 Å². The second-order valence-corrected chi connectivity index (χ2v) is 4.96. The third-order valence-electron chi connectivity index (χ3n) is 3.00. The Balaban J connectivity index is 2.54. The van der Waals surface area contributed by atoms with E-state index in [1.165, 1.54) is 12.1 Å². The SMILES string of the molecule is CC(NC(=O)CC(N)C(C)C)c1cccc(F)c1. The summed E-state index contributed by atoms with van der Waals surface area (Å²) in [6.07, 6.45) is 0.289. The number of hydrogen-bond acceptors (Lipinski definition) is 2. The summed E-state index contributed by atoms with van der Waals surface area (Å²) in [5, 5.41) is 2.82. The Bertz CT molecular complexity index is 407. The molecule has 0 heterocycles. The van der Waals surface area contributed by atoms with E-state index in [-0.39, 0.29) is 36.1 Å². The number of rotatable bonds is 5. The molecule has 2 atom stereocenters. The van der Waals surface area contributed by atoms with E-state index in [9.17, 15) is 9.18 Å². The Morgan fingerprint density at radius 3 is 2.61 bits per heavy atom. The monoisotopic (exact) mass is 252 g/mol. The lowest BCUT2D eigenvalue weighted by Gasteiger charge is -2.18. The highest BCUT2D eigenvalue weighted by Crippen LogP contribution is 2.14. The number of amides is 1. The Labute approximate surface area is 108 Å². The van der Waals surface area contributed by atoms with Gasteiger partial charge in [-0.1, -0.05) is 26.0 Å². The van der Waals surface area contributed by atoms with Crippen molar-refractivity contribution in [3.63, 3.8) is 0 Å². The number of carbonyl (C=O) groups excluding carboxylic acids is 1. The molecule has 0 bridgehead atoms. The summed E-state index contributed by atoms with van der Waals surface area (Å²) in [5.74, 6) is -0.138. The van der Waals surface area contributed by atoms with Crippen LogP contribution in [0, 0.1) is 11.7 Å². The highest BCUT2D eigenvalue weighted by molar-refractivity contribution is 5.77. The number of halogens is 1. The minimum atomic E-state index is -0.299. The smallest absolute Gasteiger partial charge is 0.222 e. The maximum absolute atomic E-state index is 13.0. The molecular weight excluding hydrogens is 231 g/mol. The number of carbonyl (C=O) groups is 1. The van der Waals surface area contributed by atoms with Gasteiger partial charge in [0.2, 0.25) is 5.91 Å². The topological polar surface area (TPSA) is 55.1 Å². The quantitative estimate of drug-likeness (QED) is 0.845. The van der Waals surface area contributed by atoms with Crippen molar-refractivity contribution in [3.05, 3.63) is 35.6 Å². The molecule has 0 spiro atoms. The van der Waals surface area contributed by atoms with Crippen molar-refractivity contribution in [1.29, 1.82) is 0 Å². The van der Waals surface area contributed by atoms with E-state index >= 15 is 0 Å². The average Bonchev–Trinajstić information content (AvgIpc) is 2.28. The highest BCUT2D eigenvalue weighted by atomic mass is 19.1. The van der Waals surface area contributed by atoms with Gasteiger partial charge in [-0.25, -0.2) is 4.39 Å². The van der Waals surface area contributed by atoms with E-state index in [4.69, 9.17) is 5.73 Å². The highest BCUT2D eigenvalue weighted by Gasteiger charge is 2.15. The molecule has 0 fully saturated rings. The second kappa shape index (κ2) is 6.50. The first-order valence-corrected chi connectivity index (χ1v) is 6.20. The van der Waals surface area contributed by atoms with E-state index in [0.717, 1.165) is 5.56 Å². The van der Waals surface area contributed by atoms with Gasteiger partial charge in [0.15, 0.2) is 0 Å². The number of benzene rings is 1. The van der Waals surface area contributed by atoms with Crippen LogP contribution in [-0.2, 0) is 4.79 Å². The summed E-state index contributed by atoms with van der Waals surface area (Å²) in [6.45, 7) is 5.79. The van der Waals surface area contributed by atoms with Crippen LogP contribution in [0.1, 0.15) is 38.8 Å². The Kier molecular flexibility index (Phi) is 5.28. The summed E-state index contributed by atoms with van der Waals surface area (Å²) in [4.78, 5) is 11.7. The molecule has 1 aromatic rings. The minimum Gasteiger partial charge on any atom is -0.350 e. The first kappa shape index (κ1) is 14.6. The van der Waals surface area contributed by atoms with Crippen LogP contribution in [0.15, 0.2) is 24.3 Å². The predicted molar refractivity (Wildman–Crippen MR) is 70.4 cm³/mol. The molecule has 0 aromatic heterocycles. The molecule has 100 valence electrons. The van der Waals surface area contributed by atoms with Gasteiger partial charge in [-0.05, 0) is 30.5 Å². The standard InChI is InChI=1S/C14H21FN2O/c1-9(2)13(16)8-14(18)17-10(3)11-5-4-6-12(15)7-11/h4-7,9-10,13H,8,16H2,1-3H3,(H,17,18). The fraction of sp³-hybridized carbons (Fsp3) is 0.500.